The molecular weight excluding hydrogens is 207 g/mol. The summed E-state index contributed by atoms with van der Waals surface area (Å²) in [6, 6.07) is 9.83. The average molecular weight is 228 g/mol. The maximum atomic E-state index is 5.95. The first-order chi connectivity index (χ1) is 6.79. The molecule has 0 saturated heterocycles. The molecule has 0 atom stereocenters. The third-order valence-electron chi connectivity index (χ3n) is 1.66. The van der Waals surface area contributed by atoms with Gasteiger partial charge in [-0.15, -0.1) is 0 Å². The molecule has 0 heterocycles. The fourth-order valence-corrected chi connectivity index (χ4v) is 3.75. The monoisotopic (exact) mass is 228 g/mol. The molecule has 0 unspecified atom stereocenters. The first kappa shape index (κ1) is 12.5. The Kier molecular flexibility index (Phi) is 3.75. The summed E-state index contributed by atoms with van der Waals surface area (Å²) < 4.78 is 11.8. The normalized spacial score (nSPS) is 13.7. The molecule has 0 bridgehead atoms. The van der Waals surface area contributed by atoms with Gasteiger partial charge in [0.25, 0.3) is 0 Å². The van der Waals surface area contributed by atoms with Gasteiger partial charge in [-0.2, -0.15) is 0 Å². The predicted molar refractivity (Wildman–Crippen MR) is 68.1 cm³/mol. The summed E-state index contributed by atoms with van der Waals surface area (Å²) in [5.41, 5.74) is -0.148. The second-order valence-corrected chi connectivity index (χ2v) is 8.24. The van der Waals surface area contributed by atoms with Gasteiger partial charge in [-0.25, -0.2) is 0 Å². The van der Waals surface area contributed by atoms with Crippen LogP contribution in [0.1, 0.15) is 20.8 Å². The van der Waals surface area contributed by atoms with Crippen LogP contribution in [-0.4, -0.2) is 18.9 Å². The molecule has 0 fully saturated rings. The third kappa shape index (κ3) is 5.15. The molecule has 2 nitrogen and oxygen atoms in total. The summed E-state index contributed by atoms with van der Waals surface area (Å²) >= 11 is 0. The molecule has 0 spiro atoms. The van der Waals surface area contributed by atoms with E-state index in [1.54, 1.807) is 0 Å². The molecule has 3 heteroatoms. The van der Waals surface area contributed by atoms with Crippen LogP contribution < -0.4 is 4.52 Å². The van der Waals surface area contributed by atoms with Crippen LogP contribution in [0.3, 0.4) is 0 Å². The Bertz CT molecular complexity index is 301. The van der Waals surface area contributed by atoms with Gasteiger partial charge in [0.15, 0.2) is 0 Å². The van der Waals surface area contributed by atoms with Crippen LogP contribution in [0, 0.1) is 0 Å². The molecule has 0 aliphatic rings. The van der Waals surface area contributed by atoms with Crippen molar-refractivity contribution in [2.45, 2.75) is 26.4 Å². The predicted octanol–water partition coefficient (Wildman–Crippen LogP) is 3.72. The molecule has 0 radical (unpaired) electrons. The summed E-state index contributed by atoms with van der Waals surface area (Å²) in [6.45, 7) is 10.3. The van der Waals surface area contributed by atoms with Crippen LogP contribution in [0.4, 0.5) is 0 Å². The third-order valence-corrected chi connectivity index (χ3v) is 3.49. The minimum atomic E-state index is -2.08. The van der Waals surface area contributed by atoms with E-state index in [0.29, 0.717) is 0 Å². The molecule has 86 valence electrons. The van der Waals surface area contributed by atoms with Gasteiger partial charge >= 0.3 is 92.5 Å². The van der Waals surface area contributed by atoms with Crippen LogP contribution >= 0.6 is 7.72 Å². The van der Waals surface area contributed by atoms with Crippen LogP contribution in [-0.2, 0) is 4.52 Å². The molecule has 0 aliphatic heterocycles. The van der Waals surface area contributed by atoms with Gasteiger partial charge in [-0.3, -0.25) is 0 Å². The van der Waals surface area contributed by atoms with Crippen molar-refractivity contribution in [3.63, 3.8) is 0 Å². The van der Waals surface area contributed by atoms with E-state index in [4.69, 9.17) is 9.05 Å². The maximum absolute atomic E-state index is 5.95. The Labute approximate surface area is 93.1 Å². The molecule has 0 aromatic heterocycles. The summed E-state index contributed by atoms with van der Waals surface area (Å²) in [5, 5.41) is 0. The quantitative estimate of drug-likeness (QED) is 0.734. The Morgan fingerprint density at radius 2 is 1.53 bits per heavy atom. The number of hydrogen-bond donors (Lipinski definition) is 0. The molecule has 1 aromatic rings. The number of benzene rings is 1. The molecule has 15 heavy (non-hydrogen) atoms. The van der Waals surface area contributed by atoms with E-state index in [1.165, 1.54) is 0 Å². The van der Waals surface area contributed by atoms with Crippen LogP contribution in [0.25, 0.3) is 0 Å². The van der Waals surface area contributed by atoms with E-state index in [-0.39, 0.29) is 5.60 Å². The fraction of sp³-hybridized carbons (Fsp3) is 0.500. The summed E-state index contributed by atoms with van der Waals surface area (Å²) in [4.78, 5) is 0. The Morgan fingerprint density at radius 1 is 1.00 bits per heavy atom. The van der Waals surface area contributed by atoms with Crippen LogP contribution in [0.15, 0.2) is 30.3 Å². The van der Waals surface area contributed by atoms with E-state index in [0.717, 1.165) is 5.75 Å². The number of hydrogen-bond acceptors (Lipinski definition) is 2. The van der Waals surface area contributed by atoms with Gasteiger partial charge in [-0.05, 0) is 0 Å². The first-order valence-electron chi connectivity index (χ1n) is 5.23. The average Bonchev–Trinajstić information content (AvgIpc) is 1.99. The van der Waals surface area contributed by atoms with Gasteiger partial charge in [0.2, 0.25) is 0 Å². The zero-order valence-electron chi connectivity index (χ0n) is 10.2. The van der Waals surface area contributed by atoms with Crippen molar-refractivity contribution in [3.05, 3.63) is 30.3 Å². The standard InChI is InChI=1S/C12H21O2P/c1-12(2,3)14-15(4,5)13-11-9-7-6-8-10-11/h6-10,15H,1-5H3. The summed E-state index contributed by atoms with van der Waals surface area (Å²) in [7, 11) is -2.08. The van der Waals surface area contributed by atoms with E-state index in [2.05, 4.69) is 34.1 Å². The second kappa shape index (κ2) is 4.51. The van der Waals surface area contributed by atoms with Crippen molar-refractivity contribution in [1.82, 2.24) is 0 Å². The van der Waals surface area contributed by atoms with Crippen molar-refractivity contribution in [2.75, 3.05) is 13.3 Å². The number of rotatable bonds is 3. The fourth-order valence-electron chi connectivity index (χ4n) is 1.53. The molecule has 0 amide bonds. The van der Waals surface area contributed by atoms with Crippen LogP contribution in [0.5, 0.6) is 5.75 Å². The Hall–Kier alpha value is -0.590. The molecule has 0 saturated carbocycles. The van der Waals surface area contributed by atoms with E-state index in [1.807, 2.05) is 30.3 Å². The Balaban J connectivity index is 2.65. The van der Waals surface area contributed by atoms with Gasteiger partial charge in [0.1, 0.15) is 0 Å². The second-order valence-electron chi connectivity index (χ2n) is 5.03. The summed E-state index contributed by atoms with van der Waals surface area (Å²) in [5.74, 6) is 0.887. The minimum absolute atomic E-state index is 0.148. The zero-order chi connectivity index (χ0) is 11.5. The van der Waals surface area contributed by atoms with Crippen molar-refractivity contribution < 1.29 is 9.05 Å². The SMILES string of the molecule is CC(C)(C)O[PH](C)(C)Oc1ccccc1. The zero-order valence-corrected chi connectivity index (χ0v) is 11.2. The van der Waals surface area contributed by atoms with Gasteiger partial charge in [0.05, 0.1) is 0 Å². The van der Waals surface area contributed by atoms with E-state index in [9.17, 15) is 0 Å². The van der Waals surface area contributed by atoms with Gasteiger partial charge in [-0.1, -0.05) is 0 Å². The van der Waals surface area contributed by atoms with E-state index < -0.39 is 7.72 Å². The van der Waals surface area contributed by atoms with Crippen LogP contribution in [0.2, 0.25) is 0 Å². The Morgan fingerprint density at radius 3 is 2.00 bits per heavy atom. The van der Waals surface area contributed by atoms with E-state index >= 15 is 0 Å². The number of para-hydroxylation sites is 1. The van der Waals surface area contributed by atoms with Gasteiger partial charge in [0, 0.05) is 0 Å². The van der Waals surface area contributed by atoms with Crippen molar-refractivity contribution in [1.29, 1.82) is 0 Å². The molecular formula is C12H21O2P. The van der Waals surface area contributed by atoms with Crippen molar-refractivity contribution >= 4 is 7.72 Å². The molecule has 0 aliphatic carbocycles. The molecule has 1 rings (SSSR count). The topological polar surface area (TPSA) is 18.5 Å². The molecule has 0 N–H and O–H groups in total. The summed E-state index contributed by atoms with van der Waals surface area (Å²) in [6.07, 6.45) is 0. The van der Waals surface area contributed by atoms with Crippen molar-refractivity contribution in [3.8, 4) is 5.75 Å². The van der Waals surface area contributed by atoms with Crippen molar-refractivity contribution in [2.24, 2.45) is 0 Å². The molecule has 1 aromatic carbocycles. The first-order valence-corrected chi connectivity index (χ1v) is 8.04. The van der Waals surface area contributed by atoms with Gasteiger partial charge < -0.3 is 0 Å².